The highest BCUT2D eigenvalue weighted by atomic mass is 16.7. The Morgan fingerprint density at radius 1 is 1.05 bits per heavy atom. The summed E-state index contributed by atoms with van der Waals surface area (Å²) in [7, 11) is -0.353. The van der Waals surface area contributed by atoms with Crippen LogP contribution in [-0.2, 0) is 9.31 Å². The van der Waals surface area contributed by atoms with Crippen molar-refractivity contribution in [1.82, 2.24) is 4.81 Å². The maximum Gasteiger partial charge on any atom is 0.598 e. The minimum absolute atomic E-state index is 0.302. The molecule has 100 valence electrons. The fraction of sp³-hybridized carbons (Fsp3) is 0.467. The second-order valence-electron chi connectivity index (χ2n) is 6.25. The monoisotopic (exact) mass is 257 g/mol. The van der Waals surface area contributed by atoms with Gasteiger partial charge in [-0.05, 0) is 45.7 Å². The van der Waals surface area contributed by atoms with E-state index in [1.165, 1.54) is 5.57 Å². The van der Waals surface area contributed by atoms with E-state index in [2.05, 4.69) is 64.3 Å². The van der Waals surface area contributed by atoms with Gasteiger partial charge in [0.25, 0.3) is 0 Å². The molecule has 1 aliphatic carbocycles. The van der Waals surface area contributed by atoms with Gasteiger partial charge in [-0.1, -0.05) is 30.4 Å². The largest absolute Gasteiger partial charge is 0.598 e. The summed E-state index contributed by atoms with van der Waals surface area (Å²) in [5, 5.41) is 0. The summed E-state index contributed by atoms with van der Waals surface area (Å²) < 4.78 is 12.1. The van der Waals surface area contributed by atoms with Gasteiger partial charge < -0.3 is 14.1 Å². The Bertz CT molecular complexity index is 486. The van der Waals surface area contributed by atoms with Crippen LogP contribution in [0.5, 0.6) is 0 Å². The first-order chi connectivity index (χ1) is 8.89. The Morgan fingerprint density at radius 3 is 2.42 bits per heavy atom. The Kier molecular flexibility index (Phi) is 2.77. The predicted octanol–water partition coefficient (Wildman–Crippen LogP) is 3.03. The number of rotatable bonds is 1. The predicted molar refractivity (Wildman–Crippen MR) is 76.9 cm³/mol. The second kappa shape index (κ2) is 4.12. The van der Waals surface area contributed by atoms with Gasteiger partial charge in [0, 0.05) is 5.92 Å². The minimum atomic E-state index is -0.353. The van der Waals surface area contributed by atoms with Crippen molar-refractivity contribution in [2.75, 3.05) is 0 Å². The molecular formula is C15H20BNO2. The van der Waals surface area contributed by atoms with Crippen LogP contribution in [0.25, 0.3) is 0 Å². The lowest BCUT2D eigenvalue weighted by atomic mass is 9.90. The number of nitrogens with zero attached hydrogens (tertiary/aromatic N) is 1. The standard InChI is InChI=1S/C15H20BNO2/c1-14(2)15(3,4)19-16(18-14)17-10-9-12-7-5-6-8-13(12)11-17/h5-12H,1-4H3. The molecule has 0 amide bonds. The molecule has 0 aromatic heterocycles. The van der Waals surface area contributed by atoms with E-state index in [0.29, 0.717) is 5.92 Å². The highest BCUT2D eigenvalue weighted by Crippen LogP contribution is 2.38. The van der Waals surface area contributed by atoms with Gasteiger partial charge in [-0.3, -0.25) is 0 Å². The van der Waals surface area contributed by atoms with Gasteiger partial charge in [-0.15, -0.1) is 0 Å². The molecule has 19 heavy (non-hydrogen) atoms. The Morgan fingerprint density at radius 2 is 1.74 bits per heavy atom. The van der Waals surface area contributed by atoms with E-state index in [1.807, 2.05) is 11.0 Å². The first-order valence-corrected chi connectivity index (χ1v) is 6.77. The molecule has 2 aliphatic heterocycles. The fourth-order valence-corrected chi connectivity index (χ4v) is 2.35. The molecule has 0 saturated carbocycles. The van der Waals surface area contributed by atoms with Gasteiger partial charge in [0.2, 0.25) is 0 Å². The van der Waals surface area contributed by atoms with Crippen molar-refractivity contribution in [2.24, 2.45) is 5.92 Å². The van der Waals surface area contributed by atoms with Gasteiger partial charge in [0.1, 0.15) is 0 Å². The van der Waals surface area contributed by atoms with E-state index in [1.54, 1.807) is 0 Å². The van der Waals surface area contributed by atoms with Crippen molar-refractivity contribution in [3.63, 3.8) is 0 Å². The number of allylic oxidation sites excluding steroid dienone is 6. The summed E-state index contributed by atoms with van der Waals surface area (Å²) >= 11 is 0. The van der Waals surface area contributed by atoms with Gasteiger partial charge in [0.15, 0.2) is 0 Å². The van der Waals surface area contributed by atoms with Crippen LogP contribution in [0, 0.1) is 5.92 Å². The maximum absolute atomic E-state index is 6.05. The zero-order valence-corrected chi connectivity index (χ0v) is 12.0. The Balaban J connectivity index is 1.81. The lowest BCUT2D eigenvalue weighted by molar-refractivity contribution is 0.00578. The average Bonchev–Trinajstić information content (AvgIpc) is 2.58. The quantitative estimate of drug-likeness (QED) is 0.674. The molecule has 0 spiro atoms. The number of hydrogen-bond acceptors (Lipinski definition) is 3. The molecule has 3 rings (SSSR count). The zero-order valence-electron chi connectivity index (χ0n) is 12.0. The third kappa shape index (κ3) is 2.09. The van der Waals surface area contributed by atoms with Gasteiger partial charge in [0.05, 0.1) is 11.2 Å². The van der Waals surface area contributed by atoms with Crippen molar-refractivity contribution >= 4 is 7.25 Å². The number of hydrogen-bond donors (Lipinski definition) is 0. The van der Waals surface area contributed by atoms with Crippen molar-refractivity contribution in [1.29, 1.82) is 0 Å². The van der Waals surface area contributed by atoms with E-state index in [4.69, 9.17) is 9.31 Å². The summed E-state index contributed by atoms with van der Waals surface area (Å²) in [5.41, 5.74) is 0.659. The van der Waals surface area contributed by atoms with Crippen molar-refractivity contribution in [2.45, 2.75) is 38.9 Å². The normalized spacial score (nSPS) is 30.5. The van der Waals surface area contributed by atoms with Gasteiger partial charge in [-0.25, -0.2) is 0 Å². The maximum atomic E-state index is 6.05. The molecule has 0 radical (unpaired) electrons. The Hall–Kier alpha value is -1.26. The van der Waals surface area contributed by atoms with Crippen LogP contribution in [0.15, 0.2) is 48.4 Å². The summed E-state index contributed by atoms with van der Waals surface area (Å²) in [5.74, 6) is 0.378. The highest BCUT2D eigenvalue weighted by molar-refractivity contribution is 6.43. The van der Waals surface area contributed by atoms with Crippen molar-refractivity contribution < 1.29 is 9.31 Å². The molecule has 2 heterocycles. The van der Waals surface area contributed by atoms with Crippen molar-refractivity contribution in [3.8, 4) is 0 Å². The molecule has 1 unspecified atom stereocenters. The van der Waals surface area contributed by atoms with Crippen LogP contribution < -0.4 is 0 Å². The average molecular weight is 257 g/mol. The topological polar surface area (TPSA) is 21.7 Å². The summed E-state index contributed by atoms with van der Waals surface area (Å²) in [4.78, 5) is 2.01. The molecule has 0 aromatic rings. The Labute approximate surface area is 115 Å². The minimum Gasteiger partial charge on any atom is -0.384 e. The van der Waals surface area contributed by atoms with Crippen LogP contribution >= 0.6 is 0 Å². The van der Waals surface area contributed by atoms with E-state index in [-0.39, 0.29) is 18.5 Å². The molecule has 1 atom stereocenters. The molecule has 3 nitrogen and oxygen atoms in total. The van der Waals surface area contributed by atoms with E-state index >= 15 is 0 Å². The smallest absolute Gasteiger partial charge is 0.384 e. The van der Waals surface area contributed by atoms with E-state index < -0.39 is 0 Å². The molecule has 1 saturated heterocycles. The third-order valence-electron chi connectivity index (χ3n) is 4.35. The first-order valence-electron chi connectivity index (χ1n) is 6.77. The zero-order chi connectivity index (χ0) is 13.7. The molecule has 3 aliphatic rings. The van der Waals surface area contributed by atoms with Gasteiger partial charge in [-0.2, -0.15) is 0 Å². The fourth-order valence-electron chi connectivity index (χ4n) is 2.35. The molecule has 0 bridgehead atoms. The SMILES string of the molecule is CC1(C)OB(N2C=CC3C=CC=CC3=C2)OC1(C)C. The first kappa shape index (κ1) is 12.8. The molecular weight excluding hydrogens is 237 g/mol. The van der Waals surface area contributed by atoms with Gasteiger partial charge >= 0.3 is 7.25 Å². The van der Waals surface area contributed by atoms with Crippen LogP contribution in [-0.4, -0.2) is 23.3 Å². The lowest BCUT2D eigenvalue weighted by Crippen LogP contribution is -2.41. The second-order valence-corrected chi connectivity index (χ2v) is 6.25. The molecule has 0 N–H and O–H groups in total. The third-order valence-corrected chi connectivity index (χ3v) is 4.35. The summed E-state index contributed by atoms with van der Waals surface area (Å²) in [6.07, 6.45) is 14.8. The van der Waals surface area contributed by atoms with Crippen LogP contribution in [0.1, 0.15) is 27.7 Å². The van der Waals surface area contributed by atoms with Crippen LogP contribution in [0.4, 0.5) is 0 Å². The summed E-state index contributed by atoms with van der Waals surface area (Å²) in [6.45, 7) is 8.28. The number of fused-ring (bicyclic) bond motifs is 1. The van der Waals surface area contributed by atoms with Crippen molar-refractivity contribution in [3.05, 3.63) is 48.4 Å². The van der Waals surface area contributed by atoms with E-state index in [9.17, 15) is 0 Å². The highest BCUT2D eigenvalue weighted by Gasteiger charge is 2.53. The molecule has 0 aromatic carbocycles. The molecule has 1 fully saturated rings. The summed E-state index contributed by atoms with van der Waals surface area (Å²) in [6, 6.07) is 0. The molecule has 4 heteroatoms. The lowest BCUT2D eigenvalue weighted by Gasteiger charge is -2.32. The van der Waals surface area contributed by atoms with Crippen LogP contribution in [0.2, 0.25) is 0 Å². The van der Waals surface area contributed by atoms with Crippen LogP contribution in [0.3, 0.4) is 0 Å². The van der Waals surface area contributed by atoms with E-state index in [0.717, 1.165) is 0 Å².